The zero-order valence-electron chi connectivity index (χ0n) is 12.4. The molecule has 112 valence electrons. The molecule has 22 heavy (non-hydrogen) atoms. The smallest absolute Gasteiger partial charge is 0.223 e. The van der Waals surface area contributed by atoms with Gasteiger partial charge in [-0.05, 0) is 25.0 Å². The average Bonchev–Trinajstić information content (AvgIpc) is 3.06. The van der Waals surface area contributed by atoms with Crippen molar-refractivity contribution in [2.24, 2.45) is 0 Å². The molecule has 0 saturated carbocycles. The summed E-state index contributed by atoms with van der Waals surface area (Å²) < 4.78 is 1.83. The van der Waals surface area contributed by atoms with Gasteiger partial charge in [-0.25, -0.2) is 15.0 Å². The van der Waals surface area contributed by atoms with Crippen LogP contribution in [-0.2, 0) is 6.54 Å². The Labute approximate surface area is 129 Å². The average molecular weight is 294 g/mol. The van der Waals surface area contributed by atoms with E-state index in [0.29, 0.717) is 5.95 Å². The number of nitrogens with zero attached hydrogens (tertiary/aromatic N) is 5. The molecule has 0 saturated heterocycles. The fraction of sp³-hybridized carbons (Fsp3) is 0.250. The molecule has 0 fully saturated rings. The van der Waals surface area contributed by atoms with Gasteiger partial charge in [0.1, 0.15) is 12.7 Å². The van der Waals surface area contributed by atoms with Crippen LogP contribution in [0.25, 0.3) is 0 Å². The second kappa shape index (κ2) is 6.80. The maximum atomic E-state index is 4.43. The quantitative estimate of drug-likeness (QED) is 0.757. The summed E-state index contributed by atoms with van der Waals surface area (Å²) in [6.45, 7) is 2.73. The van der Waals surface area contributed by atoms with Crippen molar-refractivity contribution in [3.8, 4) is 0 Å². The molecule has 2 aromatic heterocycles. The lowest BCUT2D eigenvalue weighted by molar-refractivity contribution is 0.536. The van der Waals surface area contributed by atoms with Crippen LogP contribution in [0.4, 0.5) is 5.95 Å². The van der Waals surface area contributed by atoms with Crippen molar-refractivity contribution >= 4 is 5.95 Å². The van der Waals surface area contributed by atoms with Crippen molar-refractivity contribution in [2.75, 3.05) is 5.32 Å². The minimum atomic E-state index is 0.118. The van der Waals surface area contributed by atoms with Gasteiger partial charge in [-0.3, -0.25) is 4.68 Å². The molecule has 1 atom stereocenters. The lowest BCUT2D eigenvalue weighted by Crippen LogP contribution is -2.16. The van der Waals surface area contributed by atoms with Crippen molar-refractivity contribution in [2.45, 2.75) is 25.9 Å². The molecule has 0 bridgehead atoms. The Hall–Kier alpha value is -2.76. The molecule has 0 spiro atoms. The SMILES string of the molecule is Cc1ccnc(NC(CCn2cncn2)c2ccccc2)n1. The molecule has 3 aromatic rings. The van der Waals surface area contributed by atoms with Crippen LogP contribution in [0, 0.1) is 6.92 Å². The minimum Gasteiger partial charge on any atom is -0.347 e. The Bertz CT molecular complexity index is 696. The van der Waals surface area contributed by atoms with Gasteiger partial charge >= 0.3 is 0 Å². The molecule has 6 heteroatoms. The van der Waals surface area contributed by atoms with Crippen molar-refractivity contribution in [1.82, 2.24) is 24.7 Å². The molecule has 1 N–H and O–H groups in total. The molecule has 0 aliphatic carbocycles. The second-order valence-electron chi connectivity index (χ2n) is 5.08. The normalized spacial score (nSPS) is 12.0. The summed E-state index contributed by atoms with van der Waals surface area (Å²) in [6, 6.07) is 12.3. The highest BCUT2D eigenvalue weighted by Gasteiger charge is 2.13. The van der Waals surface area contributed by atoms with Crippen LogP contribution in [0.2, 0.25) is 0 Å². The molecule has 6 nitrogen and oxygen atoms in total. The van der Waals surface area contributed by atoms with E-state index in [9.17, 15) is 0 Å². The van der Waals surface area contributed by atoms with Gasteiger partial charge in [0.25, 0.3) is 0 Å². The van der Waals surface area contributed by atoms with Gasteiger partial charge in [0.2, 0.25) is 5.95 Å². The molecular weight excluding hydrogens is 276 g/mol. The van der Waals surface area contributed by atoms with E-state index in [0.717, 1.165) is 18.7 Å². The van der Waals surface area contributed by atoms with Crippen LogP contribution in [0.3, 0.4) is 0 Å². The molecule has 1 aromatic carbocycles. The number of anilines is 1. The molecule has 0 aliphatic rings. The highest BCUT2D eigenvalue weighted by molar-refractivity contribution is 5.32. The highest BCUT2D eigenvalue weighted by atomic mass is 15.3. The maximum absolute atomic E-state index is 4.43. The Morgan fingerprint density at radius 3 is 2.77 bits per heavy atom. The van der Waals surface area contributed by atoms with Gasteiger partial charge in [-0.2, -0.15) is 5.10 Å². The predicted molar refractivity (Wildman–Crippen MR) is 84.2 cm³/mol. The number of nitrogens with one attached hydrogen (secondary N) is 1. The standard InChI is InChI=1S/C16H18N6/c1-13-7-9-18-16(20-13)21-15(14-5-3-2-4-6-14)8-10-22-12-17-11-19-22/h2-7,9,11-12,15H,8,10H2,1H3,(H,18,20,21). The molecule has 0 aliphatic heterocycles. The molecule has 3 rings (SSSR count). The van der Waals surface area contributed by atoms with Gasteiger partial charge in [0.15, 0.2) is 0 Å². The monoisotopic (exact) mass is 294 g/mol. The third-order valence-corrected chi connectivity index (χ3v) is 3.41. The van der Waals surface area contributed by atoms with Crippen LogP contribution in [0.5, 0.6) is 0 Å². The summed E-state index contributed by atoms with van der Waals surface area (Å²) in [4.78, 5) is 12.7. The van der Waals surface area contributed by atoms with E-state index in [4.69, 9.17) is 0 Å². The van der Waals surface area contributed by atoms with Crippen LogP contribution in [0.15, 0.2) is 55.2 Å². The molecule has 2 heterocycles. The van der Waals surface area contributed by atoms with E-state index < -0.39 is 0 Å². The number of aryl methyl sites for hydroxylation is 2. The predicted octanol–water partition coefficient (Wildman–Crippen LogP) is 2.62. The Morgan fingerprint density at radius 2 is 2.05 bits per heavy atom. The third-order valence-electron chi connectivity index (χ3n) is 3.41. The highest BCUT2D eigenvalue weighted by Crippen LogP contribution is 2.21. The van der Waals surface area contributed by atoms with Gasteiger partial charge in [-0.15, -0.1) is 0 Å². The topological polar surface area (TPSA) is 68.5 Å². The fourth-order valence-electron chi connectivity index (χ4n) is 2.29. The first-order valence-electron chi connectivity index (χ1n) is 7.25. The maximum Gasteiger partial charge on any atom is 0.223 e. The second-order valence-corrected chi connectivity index (χ2v) is 5.08. The molecule has 0 radical (unpaired) electrons. The molecular formula is C16H18N6. The number of aromatic nitrogens is 5. The van der Waals surface area contributed by atoms with Gasteiger partial charge in [0.05, 0.1) is 6.04 Å². The van der Waals surface area contributed by atoms with Gasteiger partial charge in [-0.1, -0.05) is 30.3 Å². The largest absolute Gasteiger partial charge is 0.347 e. The first kappa shape index (κ1) is 14.2. The van der Waals surface area contributed by atoms with Crippen LogP contribution in [0.1, 0.15) is 23.7 Å². The van der Waals surface area contributed by atoms with E-state index >= 15 is 0 Å². The Morgan fingerprint density at radius 1 is 1.18 bits per heavy atom. The summed E-state index contributed by atoms with van der Waals surface area (Å²) in [5.41, 5.74) is 2.15. The first-order chi connectivity index (χ1) is 10.8. The van der Waals surface area contributed by atoms with Gasteiger partial charge in [0, 0.05) is 18.4 Å². The van der Waals surface area contributed by atoms with E-state index in [2.05, 4.69) is 37.5 Å². The lowest BCUT2D eigenvalue weighted by Gasteiger charge is -2.19. The minimum absolute atomic E-state index is 0.118. The van der Waals surface area contributed by atoms with Crippen LogP contribution >= 0.6 is 0 Å². The first-order valence-corrected chi connectivity index (χ1v) is 7.25. The fourth-order valence-corrected chi connectivity index (χ4v) is 2.29. The summed E-state index contributed by atoms with van der Waals surface area (Å²) in [5, 5.41) is 7.56. The summed E-state index contributed by atoms with van der Waals surface area (Å²) in [6.07, 6.45) is 5.91. The van der Waals surface area contributed by atoms with E-state index in [1.54, 1.807) is 18.9 Å². The van der Waals surface area contributed by atoms with E-state index in [1.807, 2.05) is 35.9 Å². The van der Waals surface area contributed by atoms with Crippen molar-refractivity contribution in [3.05, 3.63) is 66.5 Å². The summed E-state index contributed by atoms with van der Waals surface area (Å²) in [7, 11) is 0. The van der Waals surface area contributed by atoms with Crippen molar-refractivity contribution in [3.63, 3.8) is 0 Å². The van der Waals surface area contributed by atoms with Crippen LogP contribution < -0.4 is 5.32 Å². The zero-order valence-corrected chi connectivity index (χ0v) is 12.4. The van der Waals surface area contributed by atoms with Crippen molar-refractivity contribution < 1.29 is 0 Å². The molecule has 0 amide bonds. The molecule has 1 unspecified atom stereocenters. The number of hydrogen-bond donors (Lipinski definition) is 1. The van der Waals surface area contributed by atoms with Crippen LogP contribution in [-0.4, -0.2) is 24.7 Å². The zero-order chi connectivity index (χ0) is 15.2. The Kier molecular flexibility index (Phi) is 4.38. The Balaban J connectivity index is 1.76. The van der Waals surface area contributed by atoms with Gasteiger partial charge < -0.3 is 5.32 Å². The van der Waals surface area contributed by atoms with Crippen molar-refractivity contribution in [1.29, 1.82) is 0 Å². The lowest BCUT2D eigenvalue weighted by atomic mass is 10.0. The van der Waals surface area contributed by atoms with E-state index in [1.165, 1.54) is 5.56 Å². The number of rotatable bonds is 6. The summed E-state index contributed by atoms with van der Waals surface area (Å²) in [5.74, 6) is 0.646. The summed E-state index contributed by atoms with van der Waals surface area (Å²) >= 11 is 0. The number of benzene rings is 1. The number of hydrogen-bond acceptors (Lipinski definition) is 5. The van der Waals surface area contributed by atoms with E-state index in [-0.39, 0.29) is 6.04 Å². The third kappa shape index (κ3) is 3.66.